The zero-order valence-corrected chi connectivity index (χ0v) is 13.0. The molecule has 1 saturated heterocycles. The number of likely N-dealkylation sites (N-methyl/N-ethyl adjacent to an activating group) is 1. The number of amides is 1. The van der Waals surface area contributed by atoms with Gasteiger partial charge in [-0.1, -0.05) is 13.8 Å². The van der Waals surface area contributed by atoms with Crippen LogP contribution in [0, 0.1) is 0 Å². The summed E-state index contributed by atoms with van der Waals surface area (Å²) in [5.74, 6) is 0.654. The van der Waals surface area contributed by atoms with Gasteiger partial charge in [-0.25, -0.2) is 9.97 Å². The number of carbonyl (C=O) groups excluding carboxylic acids is 1. The lowest BCUT2D eigenvalue weighted by molar-refractivity contribution is 0.0535. The Morgan fingerprint density at radius 1 is 1.57 bits per heavy atom. The molecule has 1 aliphatic rings. The second-order valence-corrected chi connectivity index (χ2v) is 5.67. The molecule has 1 aromatic heterocycles. The molecule has 1 fully saturated rings. The Morgan fingerprint density at radius 2 is 2.33 bits per heavy atom. The van der Waals surface area contributed by atoms with Gasteiger partial charge < -0.3 is 15.4 Å². The second kappa shape index (κ2) is 6.85. The highest BCUT2D eigenvalue weighted by Crippen LogP contribution is 2.18. The minimum Gasteiger partial charge on any atom is -0.396 e. The summed E-state index contributed by atoms with van der Waals surface area (Å²) >= 11 is 0. The van der Waals surface area contributed by atoms with E-state index in [4.69, 9.17) is 10.5 Å². The normalized spacial score (nSPS) is 18.2. The lowest BCUT2D eigenvalue weighted by Crippen LogP contribution is -2.38. The highest BCUT2D eigenvalue weighted by atomic mass is 16.5. The Kier molecular flexibility index (Phi) is 5.12. The Hall–Kier alpha value is -1.69. The average molecular weight is 292 g/mol. The summed E-state index contributed by atoms with van der Waals surface area (Å²) in [6.07, 6.45) is 3.71. The average Bonchev–Trinajstić information content (AvgIpc) is 2.97. The zero-order valence-electron chi connectivity index (χ0n) is 13.0. The molecule has 0 saturated carbocycles. The Balaban J connectivity index is 2.17. The second-order valence-electron chi connectivity index (χ2n) is 5.67. The molecule has 0 aromatic carbocycles. The van der Waals surface area contributed by atoms with E-state index in [9.17, 15) is 4.79 Å². The van der Waals surface area contributed by atoms with Crippen molar-refractivity contribution in [2.45, 2.75) is 45.6 Å². The van der Waals surface area contributed by atoms with Crippen molar-refractivity contribution in [2.75, 3.05) is 25.4 Å². The van der Waals surface area contributed by atoms with Gasteiger partial charge in [0.1, 0.15) is 5.82 Å². The van der Waals surface area contributed by atoms with Gasteiger partial charge in [0.05, 0.1) is 18.0 Å². The number of aromatic nitrogens is 2. The van der Waals surface area contributed by atoms with Crippen LogP contribution in [0.5, 0.6) is 0 Å². The van der Waals surface area contributed by atoms with Crippen LogP contribution in [0.1, 0.15) is 55.8 Å². The van der Waals surface area contributed by atoms with Crippen molar-refractivity contribution in [3.8, 4) is 0 Å². The van der Waals surface area contributed by atoms with Crippen molar-refractivity contribution in [1.82, 2.24) is 14.9 Å². The van der Waals surface area contributed by atoms with Gasteiger partial charge in [-0.05, 0) is 19.8 Å². The standard InChI is InChI=1S/C15H24N4O2/c1-4-19(9-11-6-5-7-21-11)15(20)13-12(16)8-17-14(18-13)10(2)3/h8,10-11H,4-7,9,16H2,1-3H3. The van der Waals surface area contributed by atoms with Gasteiger partial charge in [0, 0.05) is 25.6 Å². The number of ether oxygens (including phenoxy) is 1. The molecule has 2 N–H and O–H groups in total. The monoisotopic (exact) mass is 292 g/mol. The lowest BCUT2D eigenvalue weighted by Gasteiger charge is -2.24. The fourth-order valence-electron chi connectivity index (χ4n) is 2.39. The summed E-state index contributed by atoms with van der Waals surface area (Å²) in [6, 6.07) is 0. The smallest absolute Gasteiger partial charge is 0.274 e. The van der Waals surface area contributed by atoms with E-state index in [1.54, 1.807) is 4.90 Å². The molecule has 0 radical (unpaired) electrons. The summed E-state index contributed by atoms with van der Waals surface area (Å²) in [5, 5.41) is 0. The molecule has 0 spiro atoms. The molecule has 2 rings (SSSR count). The quantitative estimate of drug-likeness (QED) is 0.895. The third-order valence-corrected chi connectivity index (χ3v) is 3.67. The number of anilines is 1. The van der Waals surface area contributed by atoms with Crippen molar-refractivity contribution in [3.05, 3.63) is 17.7 Å². The largest absolute Gasteiger partial charge is 0.396 e. The molecule has 2 heterocycles. The summed E-state index contributed by atoms with van der Waals surface area (Å²) in [5.41, 5.74) is 6.52. The third-order valence-electron chi connectivity index (χ3n) is 3.67. The highest BCUT2D eigenvalue weighted by Gasteiger charge is 2.25. The van der Waals surface area contributed by atoms with Crippen LogP contribution in [-0.2, 0) is 4.74 Å². The van der Waals surface area contributed by atoms with Crippen LogP contribution in [0.25, 0.3) is 0 Å². The van der Waals surface area contributed by atoms with E-state index in [0.717, 1.165) is 19.4 Å². The first-order valence-corrected chi connectivity index (χ1v) is 7.56. The lowest BCUT2D eigenvalue weighted by atomic mass is 10.2. The molecule has 1 unspecified atom stereocenters. The molecular formula is C15H24N4O2. The number of nitrogen functional groups attached to an aromatic ring is 1. The number of hydrogen-bond acceptors (Lipinski definition) is 5. The number of nitrogens with two attached hydrogens (primary N) is 1. The van der Waals surface area contributed by atoms with E-state index >= 15 is 0 Å². The van der Waals surface area contributed by atoms with E-state index in [2.05, 4.69) is 9.97 Å². The molecule has 116 valence electrons. The Morgan fingerprint density at radius 3 is 2.90 bits per heavy atom. The highest BCUT2D eigenvalue weighted by molar-refractivity contribution is 5.97. The minimum absolute atomic E-state index is 0.126. The molecule has 6 nitrogen and oxygen atoms in total. The fourth-order valence-corrected chi connectivity index (χ4v) is 2.39. The van der Waals surface area contributed by atoms with Gasteiger partial charge in [0.25, 0.3) is 5.91 Å². The maximum Gasteiger partial charge on any atom is 0.274 e. The molecule has 6 heteroatoms. The van der Waals surface area contributed by atoms with Gasteiger partial charge in [0.2, 0.25) is 0 Å². The van der Waals surface area contributed by atoms with Gasteiger partial charge in [-0.3, -0.25) is 4.79 Å². The topological polar surface area (TPSA) is 81.3 Å². The predicted molar refractivity (Wildman–Crippen MR) is 81.1 cm³/mol. The first-order chi connectivity index (χ1) is 10.0. The number of carbonyl (C=O) groups is 1. The summed E-state index contributed by atoms with van der Waals surface area (Å²) in [4.78, 5) is 22.9. The van der Waals surface area contributed by atoms with E-state index < -0.39 is 0 Å². The van der Waals surface area contributed by atoms with Crippen LogP contribution >= 0.6 is 0 Å². The van der Waals surface area contributed by atoms with Crippen LogP contribution in [0.2, 0.25) is 0 Å². The van der Waals surface area contributed by atoms with Crippen molar-refractivity contribution < 1.29 is 9.53 Å². The van der Waals surface area contributed by atoms with Crippen LogP contribution < -0.4 is 5.73 Å². The van der Waals surface area contributed by atoms with Gasteiger partial charge in [-0.2, -0.15) is 0 Å². The van der Waals surface area contributed by atoms with Gasteiger partial charge in [0.15, 0.2) is 5.69 Å². The van der Waals surface area contributed by atoms with Crippen molar-refractivity contribution in [1.29, 1.82) is 0 Å². The molecule has 1 amide bonds. The van der Waals surface area contributed by atoms with Crippen molar-refractivity contribution >= 4 is 11.6 Å². The predicted octanol–water partition coefficient (Wildman–Crippen LogP) is 1.82. The molecule has 1 aromatic rings. The first-order valence-electron chi connectivity index (χ1n) is 7.56. The molecule has 1 aliphatic heterocycles. The molecular weight excluding hydrogens is 268 g/mol. The molecule has 1 atom stereocenters. The maximum absolute atomic E-state index is 12.7. The maximum atomic E-state index is 12.7. The Bertz CT molecular complexity index is 498. The van der Waals surface area contributed by atoms with Crippen LogP contribution in [-0.4, -0.2) is 46.6 Å². The number of rotatable bonds is 5. The van der Waals surface area contributed by atoms with E-state index in [-0.39, 0.29) is 17.9 Å². The molecule has 0 aliphatic carbocycles. The summed E-state index contributed by atoms with van der Waals surface area (Å²) in [6.45, 7) is 7.92. The molecule has 0 bridgehead atoms. The zero-order chi connectivity index (χ0) is 15.4. The molecule has 21 heavy (non-hydrogen) atoms. The van der Waals surface area contributed by atoms with Crippen molar-refractivity contribution in [2.24, 2.45) is 0 Å². The minimum atomic E-state index is -0.144. The van der Waals surface area contributed by atoms with E-state index in [1.807, 2.05) is 20.8 Å². The fraction of sp³-hybridized carbons (Fsp3) is 0.667. The third kappa shape index (κ3) is 3.69. The summed E-state index contributed by atoms with van der Waals surface area (Å²) < 4.78 is 5.61. The van der Waals surface area contributed by atoms with E-state index in [1.165, 1.54) is 6.20 Å². The van der Waals surface area contributed by atoms with Crippen LogP contribution in [0.4, 0.5) is 5.69 Å². The van der Waals surface area contributed by atoms with Crippen LogP contribution in [0.3, 0.4) is 0 Å². The Labute approximate surface area is 125 Å². The van der Waals surface area contributed by atoms with Crippen LogP contribution in [0.15, 0.2) is 6.20 Å². The number of hydrogen-bond donors (Lipinski definition) is 1. The summed E-state index contributed by atoms with van der Waals surface area (Å²) in [7, 11) is 0. The number of nitrogens with zero attached hydrogens (tertiary/aromatic N) is 3. The first kappa shape index (κ1) is 15.7. The SMILES string of the molecule is CCN(CC1CCCO1)C(=O)c1nc(C(C)C)ncc1N. The van der Waals surface area contributed by atoms with E-state index in [0.29, 0.717) is 30.3 Å². The van der Waals surface area contributed by atoms with Crippen molar-refractivity contribution in [3.63, 3.8) is 0 Å². The van der Waals surface area contributed by atoms with Gasteiger partial charge in [-0.15, -0.1) is 0 Å². The van der Waals surface area contributed by atoms with Gasteiger partial charge >= 0.3 is 0 Å².